The van der Waals surface area contributed by atoms with Crippen LogP contribution < -0.4 is 20.1 Å². The Morgan fingerprint density at radius 2 is 1.91 bits per heavy atom. The van der Waals surface area contributed by atoms with E-state index < -0.39 is 6.10 Å². The number of allylic oxidation sites excluding steroid dienone is 1. The van der Waals surface area contributed by atoms with E-state index in [2.05, 4.69) is 27.4 Å². The summed E-state index contributed by atoms with van der Waals surface area (Å²) in [6, 6.07) is 14.4. The number of para-hydroxylation sites is 2. The lowest BCUT2D eigenvalue weighted by Crippen LogP contribution is -2.25. The van der Waals surface area contributed by atoms with Gasteiger partial charge in [-0.15, -0.1) is 16.8 Å². The van der Waals surface area contributed by atoms with E-state index in [1.807, 2.05) is 28.8 Å². The number of fused-ring (bicyclic) bond motifs is 1. The largest absolute Gasteiger partial charge is 0.485 e. The molecule has 2 aromatic carbocycles. The van der Waals surface area contributed by atoms with Gasteiger partial charge in [0.15, 0.2) is 28.6 Å². The molecular weight excluding hydrogens is 442 g/mol. The lowest BCUT2D eigenvalue weighted by Gasteiger charge is -2.26. The lowest BCUT2D eigenvalue weighted by molar-refractivity contribution is -0.114. The molecule has 0 saturated carbocycles. The summed E-state index contributed by atoms with van der Waals surface area (Å²) in [4.78, 5) is 23.7. The number of benzene rings is 2. The molecule has 1 aliphatic rings. The van der Waals surface area contributed by atoms with E-state index in [1.165, 1.54) is 18.7 Å². The van der Waals surface area contributed by atoms with Gasteiger partial charge in [-0.1, -0.05) is 36.0 Å². The van der Waals surface area contributed by atoms with Gasteiger partial charge >= 0.3 is 0 Å². The quantitative estimate of drug-likeness (QED) is 0.386. The minimum Gasteiger partial charge on any atom is -0.485 e. The summed E-state index contributed by atoms with van der Waals surface area (Å²) in [5, 5.41) is 14.6. The van der Waals surface area contributed by atoms with Gasteiger partial charge in [-0.3, -0.25) is 14.2 Å². The highest BCUT2D eigenvalue weighted by Crippen LogP contribution is 2.36. The van der Waals surface area contributed by atoms with Gasteiger partial charge in [-0.05, 0) is 30.3 Å². The third-order valence-corrected chi connectivity index (χ3v) is 5.62. The van der Waals surface area contributed by atoms with Crippen molar-refractivity contribution in [3.8, 4) is 11.5 Å². The molecule has 0 saturated heterocycles. The average Bonchev–Trinajstić information content (AvgIpc) is 3.20. The van der Waals surface area contributed by atoms with Crippen LogP contribution in [0.3, 0.4) is 0 Å². The summed E-state index contributed by atoms with van der Waals surface area (Å²) >= 11 is 1.26. The van der Waals surface area contributed by atoms with E-state index in [1.54, 1.807) is 30.3 Å². The molecule has 1 aromatic heterocycles. The monoisotopic (exact) mass is 465 g/mol. The van der Waals surface area contributed by atoms with Gasteiger partial charge in [-0.25, -0.2) is 0 Å². The fraction of sp³-hybridized carbons (Fsp3) is 0.217. The molecule has 1 aliphatic heterocycles. The Morgan fingerprint density at radius 3 is 2.67 bits per heavy atom. The molecule has 10 heteroatoms. The SMILES string of the molecule is C=CCn1c(SCC(=O)Nc2cccc(NC(C)=O)c2)nnc1C1COc2ccccc2O1. The number of carbonyl (C=O) groups is 2. The number of thioether (sulfide) groups is 1. The summed E-state index contributed by atoms with van der Waals surface area (Å²) in [7, 11) is 0. The van der Waals surface area contributed by atoms with E-state index in [0.29, 0.717) is 47.0 Å². The summed E-state index contributed by atoms with van der Waals surface area (Å²) in [6.07, 6.45) is 1.31. The highest BCUT2D eigenvalue weighted by atomic mass is 32.2. The van der Waals surface area contributed by atoms with Crippen molar-refractivity contribution < 1.29 is 19.1 Å². The second kappa shape index (κ2) is 10.2. The number of hydrogen-bond donors (Lipinski definition) is 2. The van der Waals surface area contributed by atoms with E-state index in [9.17, 15) is 9.59 Å². The van der Waals surface area contributed by atoms with Crippen LogP contribution in [-0.2, 0) is 16.1 Å². The number of amides is 2. The second-order valence-electron chi connectivity index (χ2n) is 7.20. The van der Waals surface area contributed by atoms with Crippen molar-refractivity contribution in [2.24, 2.45) is 0 Å². The summed E-state index contributed by atoms with van der Waals surface area (Å²) < 4.78 is 13.7. The molecule has 0 radical (unpaired) electrons. The molecule has 2 heterocycles. The van der Waals surface area contributed by atoms with Crippen LogP contribution in [0, 0.1) is 0 Å². The number of rotatable bonds is 8. The minimum atomic E-state index is -0.424. The molecule has 1 unspecified atom stereocenters. The van der Waals surface area contributed by atoms with Crippen LogP contribution in [0.5, 0.6) is 11.5 Å². The summed E-state index contributed by atoms with van der Waals surface area (Å²) in [5.74, 6) is 1.69. The third kappa shape index (κ3) is 5.53. The van der Waals surface area contributed by atoms with Crippen LogP contribution >= 0.6 is 11.8 Å². The molecule has 0 spiro atoms. The van der Waals surface area contributed by atoms with Crippen molar-refractivity contribution in [3.63, 3.8) is 0 Å². The molecule has 3 aromatic rings. The molecule has 0 fully saturated rings. The normalized spacial score (nSPS) is 14.4. The van der Waals surface area contributed by atoms with Crippen molar-refractivity contribution >= 4 is 35.0 Å². The molecule has 4 rings (SSSR count). The Kier molecular flexibility index (Phi) is 6.94. The van der Waals surface area contributed by atoms with Gasteiger partial charge in [0.25, 0.3) is 0 Å². The minimum absolute atomic E-state index is 0.129. The van der Waals surface area contributed by atoms with Crippen molar-refractivity contribution in [2.45, 2.75) is 24.7 Å². The molecule has 0 bridgehead atoms. The maximum absolute atomic E-state index is 12.5. The van der Waals surface area contributed by atoms with E-state index in [0.717, 1.165) is 0 Å². The zero-order valence-electron chi connectivity index (χ0n) is 18.0. The first-order valence-corrected chi connectivity index (χ1v) is 11.2. The molecule has 9 nitrogen and oxygen atoms in total. The molecule has 170 valence electrons. The Hall–Kier alpha value is -3.79. The van der Waals surface area contributed by atoms with Crippen LogP contribution in [-0.4, -0.2) is 38.9 Å². The van der Waals surface area contributed by atoms with Crippen molar-refractivity contribution in [1.82, 2.24) is 14.8 Å². The standard InChI is InChI=1S/C23H23N5O4S/c1-3-11-28-22(20-13-31-18-9-4-5-10-19(18)32-20)26-27-23(28)33-14-21(30)25-17-8-6-7-16(12-17)24-15(2)29/h3-10,12,20H,1,11,13-14H2,2H3,(H,24,29)(H,25,30). The van der Waals surface area contributed by atoms with Gasteiger partial charge in [0.1, 0.15) is 6.61 Å². The second-order valence-corrected chi connectivity index (χ2v) is 8.15. The topological polar surface area (TPSA) is 107 Å². The number of aromatic nitrogens is 3. The Morgan fingerprint density at radius 1 is 1.15 bits per heavy atom. The van der Waals surface area contributed by atoms with Gasteiger partial charge in [0, 0.05) is 24.8 Å². The number of nitrogens with zero attached hydrogens (tertiary/aromatic N) is 3. The van der Waals surface area contributed by atoms with Crippen LogP contribution in [0.1, 0.15) is 18.9 Å². The predicted octanol–water partition coefficient (Wildman–Crippen LogP) is 3.67. The summed E-state index contributed by atoms with van der Waals surface area (Å²) in [6.45, 7) is 6.01. The summed E-state index contributed by atoms with van der Waals surface area (Å²) in [5.41, 5.74) is 1.20. The van der Waals surface area contributed by atoms with Crippen molar-refractivity contribution in [3.05, 3.63) is 67.0 Å². The first-order chi connectivity index (χ1) is 16.0. The molecule has 2 N–H and O–H groups in total. The van der Waals surface area contributed by atoms with Gasteiger partial charge < -0.3 is 20.1 Å². The first kappa shape index (κ1) is 22.4. The molecule has 1 atom stereocenters. The Labute approximate surface area is 195 Å². The van der Waals surface area contributed by atoms with Gasteiger partial charge in [0.2, 0.25) is 11.8 Å². The number of hydrogen-bond acceptors (Lipinski definition) is 7. The first-order valence-electron chi connectivity index (χ1n) is 10.3. The lowest BCUT2D eigenvalue weighted by atomic mass is 10.2. The highest BCUT2D eigenvalue weighted by molar-refractivity contribution is 7.99. The van der Waals surface area contributed by atoms with Crippen molar-refractivity contribution in [2.75, 3.05) is 23.0 Å². The number of ether oxygens (including phenoxy) is 2. The van der Waals surface area contributed by atoms with Crippen LogP contribution in [0.2, 0.25) is 0 Å². The fourth-order valence-corrected chi connectivity index (χ4v) is 4.05. The maximum Gasteiger partial charge on any atom is 0.234 e. The van der Waals surface area contributed by atoms with E-state index >= 15 is 0 Å². The molecule has 0 aliphatic carbocycles. The fourth-order valence-electron chi connectivity index (χ4n) is 3.30. The van der Waals surface area contributed by atoms with E-state index in [-0.39, 0.29) is 17.6 Å². The van der Waals surface area contributed by atoms with E-state index in [4.69, 9.17) is 9.47 Å². The molecular formula is C23H23N5O4S. The third-order valence-electron chi connectivity index (χ3n) is 4.65. The molecule has 33 heavy (non-hydrogen) atoms. The zero-order chi connectivity index (χ0) is 23.2. The average molecular weight is 466 g/mol. The van der Waals surface area contributed by atoms with Crippen LogP contribution in [0.4, 0.5) is 11.4 Å². The number of carbonyl (C=O) groups excluding carboxylic acids is 2. The zero-order valence-corrected chi connectivity index (χ0v) is 18.8. The Balaban J connectivity index is 1.41. The maximum atomic E-state index is 12.5. The van der Waals surface area contributed by atoms with Gasteiger partial charge in [-0.2, -0.15) is 0 Å². The van der Waals surface area contributed by atoms with Crippen LogP contribution in [0.25, 0.3) is 0 Å². The number of nitrogens with one attached hydrogen (secondary N) is 2. The van der Waals surface area contributed by atoms with Crippen molar-refractivity contribution in [1.29, 1.82) is 0 Å². The Bertz CT molecular complexity index is 1180. The molecule has 2 amide bonds. The van der Waals surface area contributed by atoms with Gasteiger partial charge in [0.05, 0.1) is 5.75 Å². The predicted molar refractivity (Wildman–Crippen MR) is 126 cm³/mol. The number of anilines is 2. The highest BCUT2D eigenvalue weighted by Gasteiger charge is 2.28. The smallest absolute Gasteiger partial charge is 0.234 e. The van der Waals surface area contributed by atoms with Crippen LogP contribution in [0.15, 0.2) is 66.3 Å².